The minimum atomic E-state index is -0.675. The maximum atomic E-state index is 11.2. The lowest BCUT2D eigenvalue weighted by Gasteiger charge is -2.36. The summed E-state index contributed by atoms with van der Waals surface area (Å²) in [6.07, 6.45) is 1.39. The first-order chi connectivity index (χ1) is 11.1. The Kier molecular flexibility index (Phi) is 5.05. The molecule has 5 heteroatoms. The molecule has 0 spiro atoms. The Morgan fingerprint density at radius 3 is 2.61 bits per heavy atom. The Labute approximate surface area is 145 Å². The summed E-state index contributed by atoms with van der Waals surface area (Å²) in [5.41, 5.74) is 2.35. The van der Waals surface area contributed by atoms with Gasteiger partial charge in [-0.25, -0.2) is 0 Å². The molecule has 3 nitrogen and oxygen atoms in total. The van der Waals surface area contributed by atoms with Crippen molar-refractivity contribution in [3.63, 3.8) is 0 Å². The van der Waals surface area contributed by atoms with E-state index in [1.165, 1.54) is 10.4 Å². The van der Waals surface area contributed by atoms with Crippen molar-refractivity contribution in [1.29, 1.82) is 0 Å². The van der Waals surface area contributed by atoms with Gasteiger partial charge >= 0.3 is 5.97 Å². The van der Waals surface area contributed by atoms with E-state index < -0.39 is 5.97 Å². The number of carboxylic acid groups (broad SMARTS) is 1. The zero-order chi connectivity index (χ0) is 16.4. The number of rotatable bonds is 4. The average molecular weight is 350 g/mol. The Morgan fingerprint density at radius 2 is 2.04 bits per heavy atom. The summed E-state index contributed by atoms with van der Waals surface area (Å²) < 4.78 is 0. The molecule has 0 aliphatic carbocycles. The van der Waals surface area contributed by atoms with Gasteiger partial charge in [0.1, 0.15) is 0 Å². The fourth-order valence-electron chi connectivity index (χ4n) is 3.23. The summed E-state index contributed by atoms with van der Waals surface area (Å²) >= 11 is 8.20. The van der Waals surface area contributed by atoms with Gasteiger partial charge in [-0.1, -0.05) is 29.8 Å². The van der Waals surface area contributed by atoms with E-state index in [-0.39, 0.29) is 12.0 Å². The molecular formula is C18H20ClNO2S. The zero-order valence-corrected chi connectivity index (χ0v) is 14.6. The molecule has 0 bridgehead atoms. The average Bonchev–Trinajstić information content (AvgIpc) is 2.96. The van der Waals surface area contributed by atoms with Gasteiger partial charge in [0, 0.05) is 9.90 Å². The molecule has 1 N–H and O–H groups in total. The smallest absolute Gasteiger partial charge is 0.306 e. The van der Waals surface area contributed by atoms with E-state index in [1.54, 1.807) is 11.3 Å². The summed E-state index contributed by atoms with van der Waals surface area (Å²) in [5.74, 6) is -0.894. The van der Waals surface area contributed by atoms with Crippen molar-refractivity contribution in [3.8, 4) is 0 Å². The molecule has 23 heavy (non-hydrogen) atoms. The van der Waals surface area contributed by atoms with Gasteiger partial charge in [-0.2, -0.15) is 0 Å². The van der Waals surface area contributed by atoms with Crippen LogP contribution in [0.4, 0.5) is 0 Å². The normalized spacial score (nSPS) is 18.0. The molecular weight excluding hydrogens is 330 g/mol. The number of likely N-dealkylation sites (tertiary alicyclic amines) is 1. The van der Waals surface area contributed by atoms with Crippen LogP contribution in [-0.4, -0.2) is 29.1 Å². The van der Waals surface area contributed by atoms with Crippen molar-refractivity contribution in [2.24, 2.45) is 5.92 Å². The Morgan fingerprint density at radius 1 is 1.35 bits per heavy atom. The molecule has 1 atom stereocenters. The third-order valence-electron chi connectivity index (χ3n) is 4.46. The van der Waals surface area contributed by atoms with E-state index in [0.717, 1.165) is 23.7 Å². The monoisotopic (exact) mass is 349 g/mol. The molecule has 1 aliphatic rings. The van der Waals surface area contributed by atoms with Gasteiger partial charge in [-0.15, -0.1) is 11.3 Å². The summed E-state index contributed by atoms with van der Waals surface area (Å²) in [6.45, 7) is 3.66. The van der Waals surface area contributed by atoms with Crippen LogP contribution in [0.3, 0.4) is 0 Å². The minimum Gasteiger partial charge on any atom is -0.481 e. The van der Waals surface area contributed by atoms with Crippen LogP contribution < -0.4 is 0 Å². The van der Waals surface area contributed by atoms with E-state index in [2.05, 4.69) is 29.3 Å². The van der Waals surface area contributed by atoms with Crippen LogP contribution in [-0.2, 0) is 4.79 Å². The number of aryl methyl sites for hydroxylation is 1. The lowest BCUT2D eigenvalue weighted by atomic mass is 9.93. The van der Waals surface area contributed by atoms with Gasteiger partial charge in [-0.3, -0.25) is 9.69 Å². The molecule has 2 heterocycles. The minimum absolute atomic E-state index is 0.108. The van der Waals surface area contributed by atoms with Crippen LogP contribution >= 0.6 is 22.9 Å². The molecule has 0 amide bonds. The quantitative estimate of drug-likeness (QED) is 0.877. The van der Waals surface area contributed by atoms with Crippen LogP contribution in [0.15, 0.2) is 35.7 Å². The highest BCUT2D eigenvalue weighted by Crippen LogP contribution is 2.38. The third-order valence-corrected chi connectivity index (χ3v) is 5.91. The van der Waals surface area contributed by atoms with Crippen LogP contribution in [0.1, 0.15) is 34.9 Å². The molecule has 0 radical (unpaired) electrons. The number of thiophene rings is 1. The van der Waals surface area contributed by atoms with Crippen LogP contribution in [0.25, 0.3) is 0 Å². The van der Waals surface area contributed by atoms with E-state index in [9.17, 15) is 9.90 Å². The highest BCUT2D eigenvalue weighted by Gasteiger charge is 2.31. The first-order valence-electron chi connectivity index (χ1n) is 7.82. The molecule has 0 saturated carbocycles. The summed E-state index contributed by atoms with van der Waals surface area (Å²) in [5, 5.41) is 12.1. The number of piperidine rings is 1. The molecule has 122 valence electrons. The summed E-state index contributed by atoms with van der Waals surface area (Å²) in [6, 6.07) is 10.3. The van der Waals surface area contributed by atoms with Crippen molar-refractivity contribution in [3.05, 3.63) is 56.7 Å². The zero-order valence-electron chi connectivity index (χ0n) is 13.0. The van der Waals surface area contributed by atoms with E-state index in [4.69, 9.17) is 11.6 Å². The van der Waals surface area contributed by atoms with Crippen molar-refractivity contribution in [1.82, 2.24) is 4.90 Å². The Hall–Kier alpha value is -1.36. The first kappa shape index (κ1) is 16.5. The van der Waals surface area contributed by atoms with E-state index in [1.807, 2.05) is 18.2 Å². The molecule has 1 aromatic heterocycles. The van der Waals surface area contributed by atoms with Crippen LogP contribution in [0.5, 0.6) is 0 Å². The Balaban J connectivity index is 1.91. The second kappa shape index (κ2) is 7.04. The molecule has 1 fully saturated rings. The van der Waals surface area contributed by atoms with Crippen molar-refractivity contribution < 1.29 is 9.90 Å². The molecule has 1 unspecified atom stereocenters. The maximum absolute atomic E-state index is 11.2. The second-order valence-corrected chi connectivity index (χ2v) is 7.45. The van der Waals surface area contributed by atoms with Crippen LogP contribution in [0, 0.1) is 12.8 Å². The Bertz CT molecular complexity index is 692. The highest BCUT2D eigenvalue weighted by molar-refractivity contribution is 7.10. The van der Waals surface area contributed by atoms with Gasteiger partial charge in [0.15, 0.2) is 0 Å². The fourth-order valence-corrected chi connectivity index (χ4v) is 4.52. The summed E-state index contributed by atoms with van der Waals surface area (Å²) in [4.78, 5) is 14.8. The number of hydrogen-bond acceptors (Lipinski definition) is 3. The number of halogens is 1. The highest BCUT2D eigenvalue weighted by atomic mass is 35.5. The lowest BCUT2D eigenvalue weighted by molar-refractivity contribution is -0.143. The maximum Gasteiger partial charge on any atom is 0.306 e. The third kappa shape index (κ3) is 3.60. The fraction of sp³-hybridized carbons (Fsp3) is 0.389. The number of nitrogens with zero attached hydrogens (tertiary/aromatic N) is 1. The number of aliphatic carboxylic acids is 1. The van der Waals surface area contributed by atoms with Crippen LogP contribution in [0.2, 0.25) is 5.02 Å². The molecule has 1 aliphatic heterocycles. The van der Waals surface area contributed by atoms with Gasteiger partial charge < -0.3 is 5.11 Å². The molecule has 3 rings (SSSR count). The first-order valence-corrected chi connectivity index (χ1v) is 9.08. The molecule has 2 aromatic rings. The number of benzene rings is 1. The SMILES string of the molecule is Cc1csc(C(c2ccccc2Cl)N2CCC(C(=O)O)CC2)c1. The lowest BCUT2D eigenvalue weighted by Crippen LogP contribution is -2.39. The molecule has 1 saturated heterocycles. The van der Waals surface area contributed by atoms with E-state index >= 15 is 0 Å². The number of carbonyl (C=O) groups is 1. The number of carboxylic acids is 1. The predicted molar refractivity (Wildman–Crippen MR) is 94.3 cm³/mol. The number of hydrogen-bond donors (Lipinski definition) is 1. The molecule has 1 aromatic carbocycles. The standard InChI is InChI=1S/C18H20ClNO2S/c1-12-10-16(23-11-12)17(14-4-2-3-5-15(14)19)20-8-6-13(7-9-20)18(21)22/h2-5,10-11,13,17H,6-9H2,1H3,(H,21,22). The van der Waals surface area contributed by atoms with Crippen molar-refractivity contribution >= 4 is 28.9 Å². The summed E-state index contributed by atoms with van der Waals surface area (Å²) in [7, 11) is 0. The largest absolute Gasteiger partial charge is 0.481 e. The van der Waals surface area contributed by atoms with Gasteiger partial charge in [0.25, 0.3) is 0 Å². The second-order valence-electron chi connectivity index (χ2n) is 6.10. The van der Waals surface area contributed by atoms with E-state index in [0.29, 0.717) is 12.8 Å². The predicted octanol–water partition coefficient (Wildman–Crippen LogP) is 4.60. The van der Waals surface area contributed by atoms with Crippen molar-refractivity contribution in [2.75, 3.05) is 13.1 Å². The van der Waals surface area contributed by atoms with Gasteiger partial charge in [0.2, 0.25) is 0 Å². The van der Waals surface area contributed by atoms with Gasteiger partial charge in [0.05, 0.1) is 12.0 Å². The van der Waals surface area contributed by atoms with Gasteiger partial charge in [-0.05, 0) is 61.5 Å². The van der Waals surface area contributed by atoms with Crippen molar-refractivity contribution in [2.45, 2.75) is 25.8 Å². The topological polar surface area (TPSA) is 40.5 Å².